The summed E-state index contributed by atoms with van der Waals surface area (Å²) in [6.07, 6.45) is 1.42. The fourth-order valence-electron chi connectivity index (χ4n) is 1.63. The van der Waals surface area contributed by atoms with Crippen molar-refractivity contribution in [3.63, 3.8) is 0 Å². The van der Waals surface area contributed by atoms with Crippen LogP contribution in [-0.4, -0.2) is 30.3 Å². The van der Waals surface area contributed by atoms with Crippen LogP contribution >= 0.6 is 15.9 Å². The van der Waals surface area contributed by atoms with Gasteiger partial charge >= 0.3 is 0 Å². The summed E-state index contributed by atoms with van der Waals surface area (Å²) in [5, 5.41) is 2.73. The van der Waals surface area contributed by atoms with Gasteiger partial charge in [0.1, 0.15) is 0 Å². The van der Waals surface area contributed by atoms with E-state index < -0.39 is 0 Å². The number of hydrogen-bond acceptors (Lipinski definition) is 3. The number of carbonyl (C=O) groups excluding carboxylic acids is 2. The molecule has 0 spiro atoms. The Labute approximate surface area is 124 Å². The molecule has 2 aromatic rings. The molecule has 0 bridgehead atoms. The van der Waals surface area contributed by atoms with Gasteiger partial charge in [0.25, 0.3) is 5.91 Å². The average Bonchev–Trinajstić information content (AvgIpc) is 2.94. The number of halogens is 1. The monoisotopic (exact) mass is 336 g/mol. The SMILES string of the molecule is CN(CC(=O)Nc1ccccc1Br)C(=O)c1ccco1. The van der Waals surface area contributed by atoms with Gasteiger partial charge in [-0.05, 0) is 40.2 Å². The van der Waals surface area contributed by atoms with Crippen LogP contribution in [0.4, 0.5) is 5.69 Å². The van der Waals surface area contributed by atoms with Gasteiger partial charge in [0.2, 0.25) is 5.91 Å². The van der Waals surface area contributed by atoms with Crippen LogP contribution in [0.1, 0.15) is 10.6 Å². The van der Waals surface area contributed by atoms with Gasteiger partial charge in [0, 0.05) is 11.5 Å². The predicted octanol–water partition coefficient (Wildman–Crippen LogP) is 2.75. The molecule has 5 nitrogen and oxygen atoms in total. The fourth-order valence-corrected chi connectivity index (χ4v) is 2.01. The highest BCUT2D eigenvalue weighted by Gasteiger charge is 2.17. The molecule has 0 saturated heterocycles. The second kappa shape index (κ2) is 6.38. The molecule has 0 aliphatic rings. The van der Waals surface area contributed by atoms with E-state index in [0.717, 1.165) is 4.47 Å². The van der Waals surface area contributed by atoms with E-state index in [9.17, 15) is 9.59 Å². The topological polar surface area (TPSA) is 62.6 Å². The van der Waals surface area contributed by atoms with Crippen molar-refractivity contribution in [3.05, 3.63) is 52.9 Å². The van der Waals surface area contributed by atoms with Gasteiger partial charge in [-0.1, -0.05) is 12.1 Å². The maximum Gasteiger partial charge on any atom is 0.289 e. The number of benzene rings is 1. The van der Waals surface area contributed by atoms with Crippen LogP contribution in [0.5, 0.6) is 0 Å². The number of carbonyl (C=O) groups is 2. The zero-order chi connectivity index (χ0) is 14.5. The van der Waals surface area contributed by atoms with Crippen LogP contribution in [0.2, 0.25) is 0 Å². The number of rotatable bonds is 4. The third kappa shape index (κ3) is 3.48. The lowest BCUT2D eigenvalue weighted by molar-refractivity contribution is -0.116. The van der Waals surface area contributed by atoms with E-state index in [1.54, 1.807) is 25.2 Å². The summed E-state index contributed by atoms with van der Waals surface area (Å²) < 4.78 is 5.79. The van der Waals surface area contributed by atoms with E-state index in [1.807, 2.05) is 18.2 Å². The third-order valence-corrected chi connectivity index (χ3v) is 3.30. The molecule has 1 aromatic heterocycles. The van der Waals surface area contributed by atoms with Crippen molar-refractivity contribution in [1.82, 2.24) is 4.90 Å². The summed E-state index contributed by atoms with van der Waals surface area (Å²) in [5.41, 5.74) is 0.663. The maximum atomic E-state index is 11.9. The highest BCUT2D eigenvalue weighted by Crippen LogP contribution is 2.21. The summed E-state index contributed by atoms with van der Waals surface area (Å²) in [6, 6.07) is 10.5. The predicted molar refractivity (Wildman–Crippen MR) is 78.4 cm³/mol. The minimum atomic E-state index is -0.336. The quantitative estimate of drug-likeness (QED) is 0.933. The molecule has 0 aliphatic carbocycles. The number of anilines is 1. The smallest absolute Gasteiger partial charge is 0.289 e. The Hall–Kier alpha value is -2.08. The Balaban J connectivity index is 1.95. The summed E-state index contributed by atoms with van der Waals surface area (Å²) in [7, 11) is 1.55. The van der Waals surface area contributed by atoms with Crippen molar-refractivity contribution in [1.29, 1.82) is 0 Å². The highest BCUT2D eigenvalue weighted by molar-refractivity contribution is 9.10. The van der Waals surface area contributed by atoms with E-state index >= 15 is 0 Å². The van der Waals surface area contributed by atoms with Gasteiger partial charge in [0.15, 0.2) is 5.76 Å². The molecule has 0 saturated carbocycles. The first-order valence-electron chi connectivity index (χ1n) is 5.91. The fraction of sp³-hybridized carbons (Fsp3) is 0.143. The van der Waals surface area contributed by atoms with Crippen LogP contribution in [0.3, 0.4) is 0 Å². The second-order valence-electron chi connectivity index (χ2n) is 4.17. The number of furan rings is 1. The van der Waals surface area contributed by atoms with E-state index in [-0.39, 0.29) is 24.1 Å². The first kappa shape index (κ1) is 14.3. The van der Waals surface area contributed by atoms with Crippen molar-refractivity contribution in [2.75, 3.05) is 18.9 Å². The molecule has 1 aromatic carbocycles. The van der Waals surface area contributed by atoms with Crippen molar-refractivity contribution < 1.29 is 14.0 Å². The first-order valence-corrected chi connectivity index (χ1v) is 6.70. The molecule has 104 valence electrons. The summed E-state index contributed by atoms with van der Waals surface area (Å²) in [4.78, 5) is 25.1. The second-order valence-corrected chi connectivity index (χ2v) is 5.02. The molecule has 0 radical (unpaired) electrons. The normalized spacial score (nSPS) is 10.1. The van der Waals surface area contributed by atoms with Crippen molar-refractivity contribution in [2.24, 2.45) is 0 Å². The van der Waals surface area contributed by atoms with Crippen LogP contribution in [0.15, 0.2) is 51.6 Å². The molecular formula is C14H13BrN2O3. The Morgan fingerprint density at radius 3 is 2.65 bits per heavy atom. The zero-order valence-electron chi connectivity index (χ0n) is 10.8. The maximum absolute atomic E-state index is 11.9. The standard InChI is InChI=1S/C14H13BrN2O3/c1-17(14(19)12-7-4-8-20-12)9-13(18)16-11-6-3-2-5-10(11)15/h2-8H,9H2,1H3,(H,16,18). The lowest BCUT2D eigenvalue weighted by Gasteiger charge is -2.15. The van der Waals surface area contributed by atoms with Gasteiger partial charge in [-0.25, -0.2) is 0 Å². The molecule has 0 fully saturated rings. The Morgan fingerprint density at radius 1 is 1.25 bits per heavy atom. The Bertz CT molecular complexity index is 611. The van der Waals surface area contributed by atoms with Crippen LogP contribution in [-0.2, 0) is 4.79 Å². The Morgan fingerprint density at radius 2 is 2.00 bits per heavy atom. The Kier molecular flexibility index (Phi) is 4.57. The van der Waals surface area contributed by atoms with Crippen LogP contribution in [0, 0.1) is 0 Å². The molecular weight excluding hydrogens is 324 g/mol. The molecule has 6 heteroatoms. The number of likely N-dealkylation sites (N-methyl/N-ethyl adjacent to an activating group) is 1. The molecule has 0 unspecified atom stereocenters. The van der Waals surface area contributed by atoms with Gasteiger partial charge in [-0.2, -0.15) is 0 Å². The summed E-state index contributed by atoms with van der Waals surface area (Å²) in [5.74, 6) is -0.405. The number of nitrogens with one attached hydrogen (secondary N) is 1. The highest BCUT2D eigenvalue weighted by atomic mass is 79.9. The number of hydrogen-bond donors (Lipinski definition) is 1. The zero-order valence-corrected chi connectivity index (χ0v) is 12.4. The third-order valence-electron chi connectivity index (χ3n) is 2.61. The van der Waals surface area contributed by atoms with Crippen LogP contribution < -0.4 is 5.32 Å². The molecule has 0 aliphatic heterocycles. The molecule has 1 N–H and O–H groups in total. The number of para-hydroxylation sites is 1. The lowest BCUT2D eigenvalue weighted by atomic mass is 10.3. The lowest BCUT2D eigenvalue weighted by Crippen LogP contribution is -2.34. The van der Waals surface area contributed by atoms with E-state index in [0.29, 0.717) is 5.69 Å². The molecule has 2 rings (SSSR count). The van der Waals surface area contributed by atoms with Gasteiger partial charge < -0.3 is 14.6 Å². The van der Waals surface area contributed by atoms with E-state index in [2.05, 4.69) is 21.2 Å². The van der Waals surface area contributed by atoms with Crippen molar-refractivity contribution in [3.8, 4) is 0 Å². The largest absolute Gasteiger partial charge is 0.459 e. The first-order chi connectivity index (χ1) is 9.58. The summed E-state index contributed by atoms with van der Waals surface area (Å²) >= 11 is 3.34. The van der Waals surface area contributed by atoms with Crippen LogP contribution in [0.25, 0.3) is 0 Å². The number of nitrogens with zero attached hydrogens (tertiary/aromatic N) is 1. The molecule has 2 amide bonds. The van der Waals surface area contributed by atoms with Gasteiger partial charge in [-0.3, -0.25) is 9.59 Å². The molecule has 20 heavy (non-hydrogen) atoms. The van der Waals surface area contributed by atoms with Gasteiger partial charge in [-0.15, -0.1) is 0 Å². The van der Waals surface area contributed by atoms with Gasteiger partial charge in [0.05, 0.1) is 18.5 Å². The summed E-state index contributed by atoms with van der Waals surface area (Å²) in [6.45, 7) is -0.0547. The van der Waals surface area contributed by atoms with Crippen molar-refractivity contribution in [2.45, 2.75) is 0 Å². The molecule has 0 atom stereocenters. The van der Waals surface area contributed by atoms with E-state index in [1.165, 1.54) is 11.2 Å². The minimum Gasteiger partial charge on any atom is -0.459 e. The average molecular weight is 337 g/mol. The number of amides is 2. The van der Waals surface area contributed by atoms with E-state index in [4.69, 9.17) is 4.42 Å². The minimum absolute atomic E-state index is 0.0547. The van der Waals surface area contributed by atoms with Crippen molar-refractivity contribution >= 4 is 33.4 Å². The molecule has 1 heterocycles.